The molecule has 2 aromatic carbocycles. The molecule has 2 rings (SSSR count). The summed E-state index contributed by atoms with van der Waals surface area (Å²) < 4.78 is 2.11. The molecule has 0 saturated carbocycles. The van der Waals surface area contributed by atoms with Crippen LogP contribution in [0.1, 0.15) is 16.7 Å². The van der Waals surface area contributed by atoms with E-state index in [1.54, 1.807) is 6.07 Å². The molecule has 0 amide bonds. The first-order chi connectivity index (χ1) is 8.97. The number of phenols is 1. The molecule has 0 saturated heterocycles. The molecule has 19 heavy (non-hydrogen) atoms. The SMILES string of the molecule is Cc1cc(NCc2cc(Br)ccc2O)cc(C)c1Br. The van der Waals surface area contributed by atoms with Crippen LogP contribution in [0.4, 0.5) is 5.69 Å². The van der Waals surface area contributed by atoms with E-state index >= 15 is 0 Å². The van der Waals surface area contributed by atoms with Gasteiger partial charge in [0.2, 0.25) is 0 Å². The number of halogens is 2. The standard InChI is InChI=1S/C15H15Br2NO/c1-9-5-13(6-10(2)15(9)17)18-8-11-7-12(16)3-4-14(11)19/h3-7,18-19H,8H2,1-2H3. The highest BCUT2D eigenvalue weighted by molar-refractivity contribution is 9.10. The Morgan fingerprint density at radius 1 is 1.05 bits per heavy atom. The number of hydrogen-bond acceptors (Lipinski definition) is 2. The van der Waals surface area contributed by atoms with E-state index < -0.39 is 0 Å². The van der Waals surface area contributed by atoms with Crippen LogP contribution in [0.2, 0.25) is 0 Å². The minimum absolute atomic E-state index is 0.307. The Kier molecular flexibility index (Phi) is 4.53. The average molecular weight is 385 g/mol. The van der Waals surface area contributed by atoms with Gasteiger partial charge in [-0.2, -0.15) is 0 Å². The summed E-state index contributed by atoms with van der Waals surface area (Å²) in [7, 11) is 0. The Balaban J connectivity index is 2.17. The van der Waals surface area contributed by atoms with Gasteiger partial charge in [0.1, 0.15) is 5.75 Å². The second-order valence-corrected chi connectivity index (χ2v) is 6.26. The van der Waals surface area contributed by atoms with Crippen molar-refractivity contribution >= 4 is 37.5 Å². The summed E-state index contributed by atoms with van der Waals surface area (Å²) in [5.74, 6) is 0.307. The first-order valence-electron chi connectivity index (χ1n) is 5.95. The van der Waals surface area contributed by atoms with Gasteiger partial charge in [0, 0.05) is 26.7 Å². The number of nitrogens with one attached hydrogen (secondary N) is 1. The minimum Gasteiger partial charge on any atom is -0.508 e. The highest BCUT2D eigenvalue weighted by Gasteiger charge is 2.04. The van der Waals surface area contributed by atoms with Gasteiger partial charge in [0.25, 0.3) is 0 Å². The summed E-state index contributed by atoms with van der Waals surface area (Å²) in [6.07, 6.45) is 0. The predicted molar refractivity (Wildman–Crippen MR) is 86.7 cm³/mol. The number of phenolic OH excluding ortho intramolecular Hbond substituents is 1. The van der Waals surface area contributed by atoms with E-state index in [0.29, 0.717) is 12.3 Å². The van der Waals surface area contributed by atoms with Gasteiger partial charge < -0.3 is 10.4 Å². The van der Waals surface area contributed by atoms with Gasteiger partial charge in [-0.15, -0.1) is 0 Å². The summed E-state index contributed by atoms with van der Waals surface area (Å²) in [5, 5.41) is 13.1. The third-order valence-electron chi connectivity index (χ3n) is 2.96. The highest BCUT2D eigenvalue weighted by atomic mass is 79.9. The molecule has 0 spiro atoms. The van der Waals surface area contributed by atoms with Gasteiger partial charge >= 0.3 is 0 Å². The molecule has 0 atom stereocenters. The van der Waals surface area contributed by atoms with E-state index in [1.165, 1.54) is 11.1 Å². The van der Waals surface area contributed by atoms with Crippen LogP contribution < -0.4 is 5.32 Å². The number of benzene rings is 2. The van der Waals surface area contributed by atoms with Crippen molar-refractivity contribution in [2.75, 3.05) is 5.32 Å². The van der Waals surface area contributed by atoms with Crippen molar-refractivity contribution in [1.82, 2.24) is 0 Å². The van der Waals surface area contributed by atoms with E-state index in [1.807, 2.05) is 12.1 Å². The van der Waals surface area contributed by atoms with Crippen LogP contribution >= 0.6 is 31.9 Å². The Hall–Kier alpha value is -1.00. The van der Waals surface area contributed by atoms with Gasteiger partial charge in [-0.05, 0) is 55.3 Å². The van der Waals surface area contributed by atoms with Crippen LogP contribution in [0.3, 0.4) is 0 Å². The van der Waals surface area contributed by atoms with Crippen LogP contribution in [-0.2, 0) is 6.54 Å². The lowest BCUT2D eigenvalue weighted by Crippen LogP contribution is -2.01. The molecule has 0 aliphatic heterocycles. The minimum atomic E-state index is 0.307. The van der Waals surface area contributed by atoms with Crippen LogP contribution in [0.15, 0.2) is 39.3 Å². The largest absolute Gasteiger partial charge is 0.508 e. The van der Waals surface area contributed by atoms with Gasteiger partial charge in [0.05, 0.1) is 0 Å². The highest BCUT2D eigenvalue weighted by Crippen LogP contribution is 2.27. The van der Waals surface area contributed by atoms with E-state index in [9.17, 15) is 5.11 Å². The monoisotopic (exact) mass is 383 g/mol. The maximum absolute atomic E-state index is 9.80. The van der Waals surface area contributed by atoms with Crippen molar-refractivity contribution in [3.8, 4) is 5.75 Å². The van der Waals surface area contributed by atoms with Crippen molar-refractivity contribution in [3.05, 3.63) is 56.0 Å². The van der Waals surface area contributed by atoms with Crippen molar-refractivity contribution in [2.45, 2.75) is 20.4 Å². The molecule has 2 aromatic rings. The number of hydrogen-bond donors (Lipinski definition) is 2. The molecule has 0 fully saturated rings. The average Bonchev–Trinajstić information content (AvgIpc) is 2.37. The molecule has 0 bridgehead atoms. The summed E-state index contributed by atoms with van der Waals surface area (Å²) in [4.78, 5) is 0. The van der Waals surface area contributed by atoms with E-state index in [-0.39, 0.29) is 0 Å². The Morgan fingerprint density at radius 3 is 2.32 bits per heavy atom. The molecule has 0 heterocycles. The predicted octanol–water partition coefficient (Wildman–Crippen LogP) is 5.15. The maximum atomic E-state index is 9.80. The molecule has 0 radical (unpaired) electrons. The topological polar surface area (TPSA) is 32.3 Å². The van der Waals surface area contributed by atoms with E-state index in [0.717, 1.165) is 20.2 Å². The van der Waals surface area contributed by atoms with Crippen LogP contribution in [0.25, 0.3) is 0 Å². The number of rotatable bonds is 3. The summed E-state index contributed by atoms with van der Waals surface area (Å²) in [5.41, 5.74) is 4.31. The fraction of sp³-hybridized carbons (Fsp3) is 0.200. The summed E-state index contributed by atoms with van der Waals surface area (Å²) >= 11 is 6.97. The van der Waals surface area contributed by atoms with Crippen molar-refractivity contribution in [1.29, 1.82) is 0 Å². The fourth-order valence-corrected chi connectivity index (χ4v) is 2.58. The van der Waals surface area contributed by atoms with Crippen molar-refractivity contribution < 1.29 is 5.11 Å². The molecule has 0 aliphatic carbocycles. The normalized spacial score (nSPS) is 10.5. The summed E-state index contributed by atoms with van der Waals surface area (Å²) in [6.45, 7) is 4.73. The summed E-state index contributed by atoms with van der Waals surface area (Å²) in [6, 6.07) is 9.62. The lowest BCUT2D eigenvalue weighted by molar-refractivity contribution is 0.469. The molecule has 0 aromatic heterocycles. The first kappa shape index (κ1) is 14.4. The molecule has 0 aliphatic rings. The maximum Gasteiger partial charge on any atom is 0.120 e. The number of aryl methyl sites for hydroxylation is 2. The van der Waals surface area contributed by atoms with Gasteiger partial charge in [-0.1, -0.05) is 31.9 Å². The van der Waals surface area contributed by atoms with Crippen molar-refractivity contribution in [2.24, 2.45) is 0 Å². The smallest absolute Gasteiger partial charge is 0.120 e. The third-order valence-corrected chi connectivity index (χ3v) is 4.71. The zero-order chi connectivity index (χ0) is 14.0. The first-order valence-corrected chi connectivity index (χ1v) is 7.54. The third kappa shape index (κ3) is 3.51. The number of anilines is 1. The second kappa shape index (κ2) is 5.97. The van der Waals surface area contributed by atoms with Gasteiger partial charge in [-0.25, -0.2) is 0 Å². The fourth-order valence-electron chi connectivity index (χ4n) is 1.94. The second-order valence-electron chi connectivity index (χ2n) is 4.55. The van der Waals surface area contributed by atoms with Crippen LogP contribution in [0, 0.1) is 13.8 Å². The molecule has 2 N–H and O–H groups in total. The lowest BCUT2D eigenvalue weighted by Gasteiger charge is -2.11. The van der Waals surface area contributed by atoms with Crippen LogP contribution in [0.5, 0.6) is 5.75 Å². The van der Waals surface area contributed by atoms with Gasteiger partial charge in [-0.3, -0.25) is 0 Å². The van der Waals surface area contributed by atoms with E-state index in [2.05, 4.69) is 63.2 Å². The van der Waals surface area contributed by atoms with Crippen molar-refractivity contribution in [3.63, 3.8) is 0 Å². The zero-order valence-corrected chi connectivity index (χ0v) is 14.0. The molecular weight excluding hydrogens is 370 g/mol. The Labute approximate surface area is 130 Å². The lowest BCUT2D eigenvalue weighted by atomic mass is 10.1. The van der Waals surface area contributed by atoms with Gasteiger partial charge in [0.15, 0.2) is 0 Å². The quantitative estimate of drug-likeness (QED) is 0.767. The molecule has 0 unspecified atom stereocenters. The molecular formula is C15H15Br2NO. The Bertz CT molecular complexity index is 588. The molecule has 4 heteroatoms. The zero-order valence-electron chi connectivity index (χ0n) is 10.8. The Morgan fingerprint density at radius 2 is 1.68 bits per heavy atom. The molecule has 2 nitrogen and oxygen atoms in total. The number of aromatic hydroxyl groups is 1. The van der Waals surface area contributed by atoms with E-state index in [4.69, 9.17) is 0 Å². The molecule has 100 valence electrons. The van der Waals surface area contributed by atoms with Crippen LogP contribution in [-0.4, -0.2) is 5.11 Å².